The highest BCUT2D eigenvalue weighted by Gasteiger charge is 2.53. The van der Waals surface area contributed by atoms with Gasteiger partial charge in [0.1, 0.15) is 33.5 Å². The van der Waals surface area contributed by atoms with Gasteiger partial charge in [-0.3, -0.25) is 19.1 Å². The Balaban J connectivity index is 1.39. The van der Waals surface area contributed by atoms with Crippen molar-refractivity contribution in [1.82, 2.24) is 24.8 Å². The second-order valence-electron chi connectivity index (χ2n) is 10.5. The lowest BCUT2D eigenvalue weighted by Crippen LogP contribution is -2.71. The highest BCUT2D eigenvalue weighted by Crippen LogP contribution is 2.40. The number of aryl methyl sites for hydroxylation is 1. The second kappa shape index (κ2) is 13.1. The van der Waals surface area contributed by atoms with Crippen molar-refractivity contribution in [3.63, 3.8) is 0 Å². The Labute approximate surface area is 274 Å². The number of carbonyl (C=O) groups excluding carboxylic acids is 3. The molecule has 0 unspecified atom stereocenters. The third-order valence-electron chi connectivity index (χ3n) is 7.20. The van der Waals surface area contributed by atoms with Crippen molar-refractivity contribution in [3.8, 4) is 0 Å². The number of nitrogens with one attached hydrogen (secondary N) is 1. The number of nitrogens with zero attached hydrogens (tertiary/aromatic N) is 6. The van der Waals surface area contributed by atoms with Crippen LogP contribution in [0.5, 0.6) is 0 Å². The molecule has 244 valence electrons. The molecular weight excluding hydrogens is 664 g/mol. The monoisotopic (exact) mass is 692 g/mol. The number of amides is 2. The topological polar surface area (TPSA) is 261 Å². The first-order valence-corrected chi connectivity index (χ1v) is 16.0. The number of pyridine rings is 1. The largest absolute Gasteiger partial charge is 0.543 e. The van der Waals surface area contributed by atoms with Gasteiger partial charge in [0.15, 0.2) is 10.8 Å². The Hall–Kier alpha value is -4.46. The number of β-lactam (4-membered cyclic amide) rings is 1. The molecule has 1 saturated heterocycles. The number of aliphatic carboxylic acids is 2. The van der Waals surface area contributed by atoms with E-state index in [1.54, 1.807) is 16.8 Å². The number of nitrogen functional groups attached to an aromatic ring is 2. The number of thioether (sulfide) groups is 1. The molecule has 2 aliphatic rings. The molecule has 2 amide bonds. The van der Waals surface area contributed by atoms with E-state index < -0.39 is 47.0 Å². The molecule has 0 radical (unpaired) electrons. The second-order valence-corrected chi connectivity index (χ2v) is 13.3. The molecule has 0 aromatic carbocycles. The maximum atomic E-state index is 13.3. The third kappa shape index (κ3) is 6.30. The summed E-state index contributed by atoms with van der Waals surface area (Å²) in [4.78, 5) is 64.7. The zero-order valence-electron chi connectivity index (χ0n) is 24.4. The maximum absolute atomic E-state index is 13.3. The minimum atomic E-state index is -1.56. The number of rotatable bonds is 12. The van der Waals surface area contributed by atoms with Crippen LogP contribution in [0.4, 0.5) is 11.1 Å². The van der Waals surface area contributed by atoms with Crippen LogP contribution in [-0.2, 0) is 37.1 Å². The summed E-state index contributed by atoms with van der Waals surface area (Å²) in [6.45, 7) is 3.70. The predicted molar refractivity (Wildman–Crippen MR) is 166 cm³/mol. The van der Waals surface area contributed by atoms with Crippen LogP contribution in [0.3, 0.4) is 0 Å². The van der Waals surface area contributed by atoms with Gasteiger partial charge in [-0.05, 0) is 37.4 Å². The van der Waals surface area contributed by atoms with E-state index in [-0.39, 0.29) is 45.1 Å². The van der Waals surface area contributed by atoms with E-state index in [0.29, 0.717) is 24.2 Å². The van der Waals surface area contributed by atoms with E-state index in [2.05, 4.69) is 20.4 Å². The van der Waals surface area contributed by atoms with Crippen LogP contribution < -0.4 is 32.2 Å². The van der Waals surface area contributed by atoms with Crippen molar-refractivity contribution in [2.24, 2.45) is 10.9 Å². The first-order valence-electron chi connectivity index (χ1n) is 13.8. The lowest BCUT2D eigenvalue weighted by atomic mass is 10.0. The van der Waals surface area contributed by atoms with Crippen molar-refractivity contribution in [2.45, 2.75) is 56.9 Å². The number of oxime groups is 1. The summed E-state index contributed by atoms with van der Waals surface area (Å²) in [5.41, 5.74) is 18.4. The van der Waals surface area contributed by atoms with Gasteiger partial charge in [-0.15, -0.1) is 11.8 Å². The minimum absolute atomic E-state index is 0.00459. The molecule has 2 aliphatic heterocycles. The minimum Gasteiger partial charge on any atom is -0.543 e. The van der Waals surface area contributed by atoms with Gasteiger partial charge in [-0.25, -0.2) is 14.3 Å². The summed E-state index contributed by atoms with van der Waals surface area (Å²) in [7, 11) is 0. The number of carbonyl (C=O) groups is 4. The standard InChI is InChI=1S/C26H29ClN10O7S2/c1-10(28)5-7-36-13-4-3-6-35(19(13)33-25(36)29)8-12-9-45-22-16(21(39)37(22)17(12)24(42)43)31-20(38)15(34-44-11(2)23(40)41)14-18(27)46-26(30)32-14/h3-4,6,10-11,16,22,29H,5,7-9,28H2,1-2H3,(H5,30,31,32,38,40,41,42,43)/b34-15-/t10-,11-,16+,22+/m0/s1. The number of carboxylic acids is 2. The Kier molecular flexibility index (Phi) is 9.38. The average Bonchev–Trinajstić information content (AvgIpc) is 3.51. The van der Waals surface area contributed by atoms with E-state index in [1.165, 1.54) is 18.7 Å². The quantitative estimate of drug-likeness (QED) is 0.0636. The third-order valence-corrected chi connectivity index (χ3v) is 9.62. The molecule has 0 spiro atoms. The molecule has 0 bridgehead atoms. The van der Waals surface area contributed by atoms with Gasteiger partial charge in [-0.1, -0.05) is 28.1 Å². The summed E-state index contributed by atoms with van der Waals surface area (Å²) < 4.78 is 3.55. The van der Waals surface area contributed by atoms with Gasteiger partial charge in [0.2, 0.25) is 6.10 Å². The van der Waals surface area contributed by atoms with Gasteiger partial charge in [-0.2, -0.15) is 0 Å². The number of aromatic nitrogens is 4. The lowest BCUT2D eigenvalue weighted by molar-refractivity contribution is -0.664. The van der Waals surface area contributed by atoms with Crippen LogP contribution in [0, 0.1) is 0 Å². The number of thiazole rings is 1. The molecule has 20 heteroatoms. The Bertz CT molecular complexity index is 1810. The van der Waals surface area contributed by atoms with Crippen LogP contribution in [0.25, 0.3) is 11.2 Å². The molecule has 4 atom stereocenters. The molecule has 1 fully saturated rings. The Morgan fingerprint density at radius 3 is 2.70 bits per heavy atom. The van der Waals surface area contributed by atoms with E-state index in [9.17, 15) is 24.3 Å². The van der Waals surface area contributed by atoms with Crippen LogP contribution in [0.2, 0.25) is 4.34 Å². The summed E-state index contributed by atoms with van der Waals surface area (Å²) in [5, 5.41) is 26.9. The van der Waals surface area contributed by atoms with Crippen molar-refractivity contribution in [3.05, 3.63) is 39.6 Å². The van der Waals surface area contributed by atoms with E-state index >= 15 is 0 Å². The Morgan fingerprint density at radius 2 is 2.07 bits per heavy atom. The fourth-order valence-electron chi connectivity index (χ4n) is 4.89. The van der Waals surface area contributed by atoms with Crippen LogP contribution in [-0.4, -0.2) is 83.3 Å². The van der Waals surface area contributed by atoms with E-state index in [0.717, 1.165) is 21.8 Å². The molecule has 46 heavy (non-hydrogen) atoms. The fourth-order valence-corrected chi connectivity index (χ4v) is 7.15. The average molecular weight is 693 g/mol. The van der Waals surface area contributed by atoms with Crippen LogP contribution >= 0.6 is 34.7 Å². The summed E-state index contributed by atoms with van der Waals surface area (Å²) >= 11 is 8.24. The van der Waals surface area contributed by atoms with Gasteiger partial charge < -0.3 is 42.4 Å². The zero-order valence-corrected chi connectivity index (χ0v) is 26.8. The van der Waals surface area contributed by atoms with Crippen molar-refractivity contribution < 1.29 is 38.8 Å². The van der Waals surface area contributed by atoms with Gasteiger partial charge in [0, 0.05) is 23.9 Å². The zero-order chi connectivity index (χ0) is 33.4. The first kappa shape index (κ1) is 32.9. The number of anilines is 2. The Morgan fingerprint density at radius 1 is 1.33 bits per heavy atom. The summed E-state index contributed by atoms with van der Waals surface area (Å²) in [6, 6.07) is 2.42. The van der Waals surface area contributed by atoms with Crippen molar-refractivity contribution in [1.29, 1.82) is 0 Å². The maximum Gasteiger partial charge on any atom is 0.351 e. The highest BCUT2D eigenvalue weighted by atomic mass is 35.5. The predicted octanol–water partition coefficient (Wildman–Crippen LogP) is -1.37. The molecule has 17 nitrogen and oxygen atoms in total. The number of imidazole rings is 1. The number of nitrogens with two attached hydrogens (primary N) is 3. The first-order chi connectivity index (χ1) is 21.8. The molecule has 8 N–H and O–H groups in total. The van der Waals surface area contributed by atoms with Gasteiger partial charge in [0.25, 0.3) is 11.8 Å². The SMILES string of the molecule is C[C@H](N)CCn1c(N)nc2c1ccc[n+]2CC1=C(C(=O)[O-])N2C(=O)[C@@H](NC(=O)/C(=N\O[C@@H](C)C(=O)O)c3nc(N)sc3Cl)[C@H]2SC1. The van der Waals surface area contributed by atoms with Crippen LogP contribution in [0.15, 0.2) is 34.8 Å². The molecule has 3 aromatic rings. The molecule has 0 aliphatic carbocycles. The van der Waals surface area contributed by atoms with E-state index in [1.807, 2.05) is 17.6 Å². The summed E-state index contributed by atoms with van der Waals surface area (Å²) in [5.74, 6) is -4.11. The lowest BCUT2D eigenvalue weighted by Gasteiger charge is -2.50. The van der Waals surface area contributed by atoms with Crippen molar-refractivity contribution >= 4 is 86.4 Å². The number of hydrogen-bond donors (Lipinski definition) is 5. The van der Waals surface area contributed by atoms with E-state index in [4.69, 9.17) is 38.7 Å². The van der Waals surface area contributed by atoms with Crippen molar-refractivity contribution in [2.75, 3.05) is 17.2 Å². The highest BCUT2D eigenvalue weighted by molar-refractivity contribution is 8.00. The number of halogens is 1. The fraction of sp³-hybridized carbons (Fsp3) is 0.385. The van der Waals surface area contributed by atoms with Gasteiger partial charge in [0.05, 0.1) is 17.9 Å². The smallest absolute Gasteiger partial charge is 0.351 e. The molecule has 5 rings (SSSR count). The number of carboxylic acid groups (broad SMARTS) is 2. The number of fused-ring (bicyclic) bond motifs is 2. The number of hydrogen-bond acceptors (Lipinski definition) is 14. The van der Waals surface area contributed by atoms with Gasteiger partial charge >= 0.3 is 17.6 Å². The molecule has 5 heterocycles. The summed E-state index contributed by atoms with van der Waals surface area (Å²) in [6.07, 6.45) is 0.974. The molecule has 3 aromatic heterocycles. The molecule has 0 saturated carbocycles. The normalized spacial score (nSPS) is 19.4. The van der Waals surface area contributed by atoms with Crippen LogP contribution in [0.1, 0.15) is 26.0 Å². The molecular formula is C26H29ClN10O7S2.